The van der Waals surface area contributed by atoms with Crippen molar-refractivity contribution in [1.29, 1.82) is 0 Å². The first-order valence-electron chi connectivity index (χ1n) is 8.44. The van der Waals surface area contributed by atoms with Crippen LogP contribution in [0.4, 0.5) is 13.2 Å². The number of nitrogens with two attached hydrogens (primary N) is 1. The highest BCUT2D eigenvalue weighted by molar-refractivity contribution is 5.72. The Balaban J connectivity index is 0.00000114. The van der Waals surface area contributed by atoms with Gasteiger partial charge in [-0.1, -0.05) is 20.3 Å². The minimum Gasteiger partial charge on any atom is -0.496 e. The average molecular weight is 386 g/mol. The molecule has 0 saturated carbocycles. The Bertz CT molecular complexity index is 732. The van der Waals surface area contributed by atoms with E-state index in [1.165, 1.54) is 25.8 Å². The molecule has 0 unspecified atom stereocenters. The van der Waals surface area contributed by atoms with Crippen LogP contribution in [0.3, 0.4) is 0 Å². The number of rotatable bonds is 5. The van der Waals surface area contributed by atoms with E-state index in [0.29, 0.717) is 28.0 Å². The number of halogens is 3. The van der Waals surface area contributed by atoms with Crippen molar-refractivity contribution in [3.63, 3.8) is 0 Å². The van der Waals surface area contributed by atoms with Crippen LogP contribution in [0.25, 0.3) is 11.1 Å². The smallest absolute Gasteiger partial charge is 0.496 e. The van der Waals surface area contributed by atoms with Crippen molar-refractivity contribution in [2.45, 2.75) is 46.7 Å². The molecule has 150 valence electrons. The number of aliphatic hydroxyl groups excluding tert-OH is 1. The highest BCUT2D eigenvalue weighted by atomic mass is 19.4. The fourth-order valence-electron chi connectivity index (χ4n) is 2.51. The van der Waals surface area contributed by atoms with Gasteiger partial charge < -0.3 is 20.3 Å². The highest BCUT2D eigenvalue weighted by Crippen LogP contribution is 2.36. The lowest BCUT2D eigenvalue weighted by atomic mass is 9.94. The van der Waals surface area contributed by atoms with E-state index in [4.69, 9.17) is 10.5 Å². The molecule has 0 fully saturated rings. The van der Waals surface area contributed by atoms with Gasteiger partial charge >= 0.3 is 6.36 Å². The molecule has 5 nitrogen and oxygen atoms in total. The first-order chi connectivity index (χ1) is 12.7. The third kappa shape index (κ3) is 6.11. The molecule has 0 amide bonds. The minimum absolute atomic E-state index is 0.183. The van der Waals surface area contributed by atoms with Crippen LogP contribution in [0.2, 0.25) is 0 Å². The second kappa shape index (κ2) is 10.1. The van der Waals surface area contributed by atoms with E-state index in [1.54, 1.807) is 13.0 Å². The summed E-state index contributed by atoms with van der Waals surface area (Å²) in [6.07, 6.45) is -2.26. The lowest BCUT2D eigenvalue weighted by Gasteiger charge is -2.18. The number of hydrogen-bond acceptors (Lipinski definition) is 5. The topological polar surface area (TPSA) is 77.6 Å². The van der Waals surface area contributed by atoms with E-state index in [1.807, 2.05) is 0 Å². The molecule has 0 aliphatic carbocycles. The molecule has 2 aromatic rings. The maximum atomic E-state index is 12.2. The minimum atomic E-state index is -4.79. The summed E-state index contributed by atoms with van der Waals surface area (Å²) in [5.74, 6) is -0.0482. The van der Waals surface area contributed by atoms with E-state index in [-0.39, 0.29) is 13.2 Å². The molecule has 8 heteroatoms. The van der Waals surface area contributed by atoms with E-state index in [0.717, 1.165) is 11.6 Å². The second-order valence-corrected chi connectivity index (χ2v) is 5.72. The summed E-state index contributed by atoms with van der Waals surface area (Å²) in [7, 11) is 1.48. The summed E-state index contributed by atoms with van der Waals surface area (Å²) >= 11 is 0. The van der Waals surface area contributed by atoms with Crippen molar-refractivity contribution in [3.8, 4) is 22.8 Å². The predicted molar refractivity (Wildman–Crippen MR) is 97.4 cm³/mol. The molecule has 27 heavy (non-hydrogen) atoms. The summed E-state index contributed by atoms with van der Waals surface area (Å²) in [6, 6.07) is 4.37. The van der Waals surface area contributed by atoms with Gasteiger partial charge in [0, 0.05) is 29.9 Å². The van der Waals surface area contributed by atoms with E-state index >= 15 is 0 Å². The van der Waals surface area contributed by atoms with Gasteiger partial charge in [-0.25, -0.2) is 4.98 Å². The molecule has 0 bridgehead atoms. The van der Waals surface area contributed by atoms with Crippen molar-refractivity contribution >= 4 is 0 Å². The van der Waals surface area contributed by atoms with Gasteiger partial charge in [0.25, 0.3) is 0 Å². The Morgan fingerprint density at radius 1 is 1.22 bits per heavy atom. The van der Waals surface area contributed by atoms with Crippen LogP contribution in [-0.4, -0.2) is 23.6 Å². The highest BCUT2D eigenvalue weighted by Gasteiger charge is 2.31. The summed E-state index contributed by atoms with van der Waals surface area (Å²) < 4.78 is 45.7. The quantitative estimate of drug-likeness (QED) is 0.800. The normalized spacial score (nSPS) is 10.9. The zero-order valence-electron chi connectivity index (χ0n) is 15.9. The Morgan fingerprint density at radius 3 is 2.26 bits per heavy atom. The second-order valence-electron chi connectivity index (χ2n) is 5.72. The van der Waals surface area contributed by atoms with Crippen molar-refractivity contribution in [3.05, 3.63) is 41.1 Å². The molecule has 0 saturated heterocycles. The Kier molecular flexibility index (Phi) is 8.52. The molecular formula is C19H25F3N2O3. The molecule has 0 aliphatic rings. The molecule has 0 radical (unpaired) electrons. The zero-order valence-corrected chi connectivity index (χ0v) is 15.9. The zero-order chi connectivity index (χ0) is 20.6. The van der Waals surface area contributed by atoms with E-state index in [9.17, 15) is 18.3 Å². The number of ether oxygens (including phenoxy) is 2. The predicted octanol–water partition coefficient (Wildman–Crippen LogP) is 4.33. The van der Waals surface area contributed by atoms with E-state index in [2.05, 4.69) is 23.6 Å². The van der Waals surface area contributed by atoms with Crippen LogP contribution in [-0.2, 0) is 13.2 Å². The molecule has 1 aromatic carbocycles. The Morgan fingerprint density at radius 2 is 1.85 bits per heavy atom. The van der Waals surface area contributed by atoms with Crippen molar-refractivity contribution in [2.75, 3.05) is 7.11 Å². The largest absolute Gasteiger partial charge is 0.574 e. The molecule has 0 aliphatic heterocycles. The Labute approximate surface area is 156 Å². The first-order valence-corrected chi connectivity index (χ1v) is 8.44. The first kappa shape index (κ1) is 22.7. The van der Waals surface area contributed by atoms with Crippen LogP contribution >= 0.6 is 0 Å². The fourth-order valence-corrected chi connectivity index (χ4v) is 2.51. The number of hydrogen-bond donors (Lipinski definition) is 2. The standard InChI is InChI=1S/C16H17F3N2O3.C3H8/c1-9-12(5-11(6-20)13(8-22)15(9)23-2)10-3-4-14(21-7-10)24-16(17,18)19;1-3-2/h3-5,7,22H,6,8,20H2,1-2H3;3H2,1-2H3. The van der Waals surface area contributed by atoms with Crippen molar-refractivity contribution < 1.29 is 27.8 Å². The van der Waals surface area contributed by atoms with Gasteiger partial charge in [0.15, 0.2) is 0 Å². The van der Waals surface area contributed by atoms with Crippen LogP contribution < -0.4 is 15.2 Å². The third-order valence-electron chi connectivity index (χ3n) is 3.57. The monoisotopic (exact) mass is 386 g/mol. The molecule has 0 atom stereocenters. The molecule has 0 spiro atoms. The number of pyridine rings is 1. The third-order valence-corrected chi connectivity index (χ3v) is 3.57. The van der Waals surface area contributed by atoms with Gasteiger partial charge in [-0.2, -0.15) is 0 Å². The number of aliphatic hydroxyl groups is 1. The van der Waals surface area contributed by atoms with Gasteiger partial charge in [0.2, 0.25) is 5.88 Å². The molecule has 1 heterocycles. The fraction of sp³-hybridized carbons (Fsp3) is 0.421. The number of methoxy groups -OCH3 is 1. The van der Waals surface area contributed by atoms with Gasteiger partial charge in [-0.05, 0) is 35.7 Å². The van der Waals surface area contributed by atoms with Crippen molar-refractivity contribution in [2.24, 2.45) is 5.73 Å². The number of alkyl halides is 3. The molecule has 1 aromatic heterocycles. The summed E-state index contributed by atoms with van der Waals surface area (Å²) in [5, 5.41) is 9.52. The van der Waals surface area contributed by atoms with Crippen LogP contribution in [0.5, 0.6) is 11.6 Å². The number of nitrogens with zero attached hydrogens (tertiary/aromatic N) is 1. The molecular weight excluding hydrogens is 361 g/mol. The van der Waals surface area contributed by atoms with Crippen LogP contribution in [0.1, 0.15) is 37.0 Å². The van der Waals surface area contributed by atoms with E-state index < -0.39 is 12.2 Å². The van der Waals surface area contributed by atoms with Gasteiger partial charge in [0.1, 0.15) is 5.75 Å². The lowest BCUT2D eigenvalue weighted by Crippen LogP contribution is -2.17. The van der Waals surface area contributed by atoms with Crippen molar-refractivity contribution in [1.82, 2.24) is 4.98 Å². The Hall–Kier alpha value is -2.32. The van der Waals surface area contributed by atoms with Gasteiger partial charge in [0.05, 0.1) is 13.7 Å². The molecule has 3 N–H and O–H groups in total. The summed E-state index contributed by atoms with van der Waals surface area (Å²) in [4.78, 5) is 3.67. The average Bonchev–Trinajstić information content (AvgIpc) is 2.61. The summed E-state index contributed by atoms with van der Waals surface area (Å²) in [5.41, 5.74) is 9.00. The number of benzene rings is 1. The maximum absolute atomic E-state index is 12.2. The molecule has 2 rings (SSSR count). The number of aromatic nitrogens is 1. The van der Waals surface area contributed by atoms with Crippen LogP contribution in [0, 0.1) is 6.92 Å². The van der Waals surface area contributed by atoms with Gasteiger partial charge in [-0.15, -0.1) is 13.2 Å². The maximum Gasteiger partial charge on any atom is 0.574 e. The van der Waals surface area contributed by atoms with Gasteiger partial charge in [-0.3, -0.25) is 0 Å². The lowest BCUT2D eigenvalue weighted by molar-refractivity contribution is -0.276. The summed E-state index contributed by atoms with van der Waals surface area (Å²) in [6.45, 7) is 5.99. The SMILES string of the molecule is CCC.COc1c(C)c(-c2ccc(OC(F)(F)F)nc2)cc(CN)c1CO. The van der Waals surface area contributed by atoms with Crippen LogP contribution in [0.15, 0.2) is 24.4 Å².